The highest BCUT2D eigenvalue weighted by molar-refractivity contribution is 14.1. The maximum absolute atomic E-state index is 12.6. The van der Waals surface area contributed by atoms with Crippen LogP contribution in [-0.4, -0.2) is 23.8 Å². The van der Waals surface area contributed by atoms with Gasteiger partial charge >= 0.3 is 0 Å². The molecule has 3 aromatic rings. The van der Waals surface area contributed by atoms with Gasteiger partial charge in [-0.1, -0.05) is 42.5 Å². The molecule has 0 fully saturated rings. The predicted octanol–water partition coefficient (Wildman–Crippen LogP) is 4.74. The molecular formula is C23H21IN2O4. The van der Waals surface area contributed by atoms with E-state index in [-0.39, 0.29) is 11.7 Å². The summed E-state index contributed by atoms with van der Waals surface area (Å²) in [6.45, 7) is 2.63. The van der Waals surface area contributed by atoms with Gasteiger partial charge in [0.1, 0.15) is 12.4 Å². The van der Waals surface area contributed by atoms with Gasteiger partial charge in [0.15, 0.2) is 11.5 Å². The highest BCUT2D eigenvalue weighted by atomic mass is 127. The van der Waals surface area contributed by atoms with Gasteiger partial charge in [0, 0.05) is 0 Å². The molecule has 0 atom stereocenters. The van der Waals surface area contributed by atoms with E-state index < -0.39 is 0 Å². The number of benzene rings is 3. The van der Waals surface area contributed by atoms with Crippen LogP contribution >= 0.6 is 22.6 Å². The molecule has 0 aliphatic heterocycles. The molecule has 3 rings (SSSR count). The number of phenolic OH excluding ortho intramolecular Hbond substituents is 1. The second-order valence-corrected chi connectivity index (χ2v) is 7.41. The highest BCUT2D eigenvalue weighted by Crippen LogP contribution is 2.32. The molecule has 3 aromatic carbocycles. The number of phenols is 1. The van der Waals surface area contributed by atoms with Crippen LogP contribution in [0.2, 0.25) is 0 Å². The van der Waals surface area contributed by atoms with E-state index in [9.17, 15) is 9.90 Å². The number of hydrogen-bond acceptors (Lipinski definition) is 5. The predicted molar refractivity (Wildman–Crippen MR) is 124 cm³/mol. The van der Waals surface area contributed by atoms with Gasteiger partial charge in [0.25, 0.3) is 5.91 Å². The van der Waals surface area contributed by atoms with Crippen LogP contribution in [0.1, 0.15) is 28.4 Å². The SMILES string of the molecule is CCOc1cc(/C=N/NC(=O)c2ccccc2OCc2ccccc2)cc(I)c1O. The normalized spacial score (nSPS) is 10.7. The number of para-hydroxylation sites is 1. The number of hydrogen-bond donors (Lipinski definition) is 2. The van der Waals surface area contributed by atoms with Crippen LogP contribution in [0.3, 0.4) is 0 Å². The number of carbonyl (C=O) groups excluding carboxylic acids is 1. The van der Waals surface area contributed by atoms with Crippen molar-refractivity contribution >= 4 is 34.7 Å². The van der Waals surface area contributed by atoms with Crippen LogP contribution in [-0.2, 0) is 6.61 Å². The standard InChI is InChI=1S/C23H21IN2O4/c1-2-29-21-13-17(12-19(24)22(21)27)14-25-26-23(28)18-10-6-7-11-20(18)30-15-16-8-4-3-5-9-16/h3-14,27H,2,15H2,1H3,(H,26,28)/b25-14+. The van der Waals surface area contributed by atoms with Gasteiger partial charge in [-0.15, -0.1) is 0 Å². The molecule has 0 heterocycles. The first kappa shape index (κ1) is 21.6. The molecule has 0 saturated heterocycles. The summed E-state index contributed by atoms with van der Waals surface area (Å²) in [5.41, 5.74) is 4.61. The number of amides is 1. The van der Waals surface area contributed by atoms with Crippen molar-refractivity contribution in [1.82, 2.24) is 5.43 Å². The molecule has 154 valence electrons. The van der Waals surface area contributed by atoms with E-state index in [1.807, 2.05) is 65.9 Å². The Morgan fingerprint density at radius 2 is 1.80 bits per heavy atom. The van der Waals surface area contributed by atoms with Crippen molar-refractivity contribution in [2.75, 3.05) is 6.61 Å². The summed E-state index contributed by atoms with van der Waals surface area (Å²) in [6, 6.07) is 20.2. The zero-order chi connectivity index (χ0) is 21.3. The van der Waals surface area contributed by atoms with Crippen LogP contribution in [0, 0.1) is 3.57 Å². The molecule has 0 aromatic heterocycles. The molecule has 0 radical (unpaired) electrons. The molecule has 0 saturated carbocycles. The van der Waals surface area contributed by atoms with E-state index in [2.05, 4.69) is 10.5 Å². The van der Waals surface area contributed by atoms with Gasteiger partial charge in [0.05, 0.1) is 22.0 Å². The van der Waals surface area contributed by atoms with Crippen LogP contribution in [0.15, 0.2) is 71.8 Å². The van der Waals surface area contributed by atoms with Gasteiger partial charge in [-0.2, -0.15) is 5.10 Å². The van der Waals surface area contributed by atoms with Gasteiger partial charge in [-0.3, -0.25) is 4.79 Å². The summed E-state index contributed by atoms with van der Waals surface area (Å²) in [5.74, 6) is 0.556. The Morgan fingerprint density at radius 1 is 1.07 bits per heavy atom. The van der Waals surface area contributed by atoms with Crippen molar-refractivity contribution < 1.29 is 19.4 Å². The fourth-order valence-corrected chi connectivity index (χ4v) is 3.30. The van der Waals surface area contributed by atoms with E-state index in [1.54, 1.807) is 30.3 Å². The lowest BCUT2D eigenvalue weighted by Crippen LogP contribution is -2.18. The van der Waals surface area contributed by atoms with Crippen molar-refractivity contribution in [2.24, 2.45) is 5.10 Å². The average Bonchev–Trinajstić information content (AvgIpc) is 2.76. The molecule has 0 bridgehead atoms. The molecule has 30 heavy (non-hydrogen) atoms. The molecule has 0 aliphatic carbocycles. The number of halogens is 1. The summed E-state index contributed by atoms with van der Waals surface area (Å²) in [5, 5.41) is 14.0. The average molecular weight is 516 g/mol. The van der Waals surface area contributed by atoms with E-state index in [4.69, 9.17) is 9.47 Å². The summed E-state index contributed by atoms with van der Waals surface area (Å²) in [4.78, 5) is 12.6. The Bertz CT molecular complexity index is 1040. The minimum atomic E-state index is -0.381. The number of hydrazone groups is 1. The highest BCUT2D eigenvalue weighted by Gasteiger charge is 2.12. The van der Waals surface area contributed by atoms with Crippen molar-refractivity contribution in [3.8, 4) is 17.2 Å². The topological polar surface area (TPSA) is 80.2 Å². The first-order valence-electron chi connectivity index (χ1n) is 9.33. The quantitative estimate of drug-likeness (QED) is 0.258. The lowest BCUT2D eigenvalue weighted by atomic mass is 10.2. The van der Waals surface area contributed by atoms with Crippen molar-refractivity contribution in [3.05, 3.63) is 87.0 Å². The lowest BCUT2D eigenvalue weighted by Gasteiger charge is -2.10. The Kier molecular flexibility index (Phi) is 7.67. The van der Waals surface area contributed by atoms with Gasteiger partial charge in [0.2, 0.25) is 0 Å². The van der Waals surface area contributed by atoms with E-state index in [1.165, 1.54) is 6.21 Å². The van der Waals surface area contributed by atoms with Gasteiger partial charge < -0.3 is 14.6 Å². The van der Waals surface area contributed by atoms with Crippen molar-refractivity contribution in [3.63, 3.8) is 0 Å². The van der Waals surface area contributed by atoms with E-state index in [0.29, 0.717) is 39.4 Å². The molecule has 7 heteroatoms. The zero-order valence-electron chi connectivity index (χ0n) is 16.3. The van der Waals surface area contributed by atoms with Crippen molar-refractivity contribution in [1.29, 1.82) is 0 Å². The summed E-state index contributed by atoms with van der Waals surface area (Å²) >= 11 is 2.01. The fourth-order valence-electron chi connectivity index (χ4n) is 2.67. The van der Waals surface area contributed by atoms with Crippen LogP contribution < -0.4 is 14.9 Å². The molecule has 0 aliphatic rings. The number of aromatic hydroxyl groups is 1. The van der Waals surface area contributed by atoms with Crippen molar-refractivity contribution in [2.45, 2.75) is 13.5 Å². The maximum Gasteiger partial charge on any atom is 0.275 e. The van der Waals surface area contributed by atoms with Crippen LogP contribution in [0.25, 0.3) is 0 Å². The van der Waals surface area contributed by atoms with Gasteiger partial charge in [-0.05, 0) is 64.9 Å². The molecule has 6 nitrogen and oxygen atoms in total. The number of nitrogens with zero attached hydrogens (tertiary/aromatic N) is 1. The minimum Gasteiger partial charge on any atom is -0.504 e. The monoisotopic (exact) mass is 516 g/mol. The van der Waals surface area contributed by atoms with E-state index >= 15 is 0 Å². The second-order valence-electron chi connectivity index (χ2n) is 6.25. The first-order valence-corrected chi connectivity index (χ1v) is 10.4. The minimum absolute atomic E-state index is 0.0862. The lowest BCUT2D eigenvalue weighted by molar-refractivity contribution is 0.0950. The molecule has 0 spiro atoms. The third-order valence-electron chi connectivity index (χ3n) is 4.10. The smallest absolute Gasteiger partial charge is 0.275 e. The maximum atomic E-state index is 12.6. The number of rotatable bonds is 8. The van der Waals surface area contributed by atoms with Crippen LogP contribution in [0.4, 0.5) is 0 Å². The van der Waals surface area contributed by atoms with E-state index in [0.717, 1.165) is 5.56 Å². The summed E-state index contributed by atoms with van der Waals surface area (Å²) in [6.07, 6.45) is 1.50. The number of nitrogens with one attached hydrogen (secondary N) is 1. The number of ether oxygens (including phenoxy) is 2. The molecule has 0 unspecified atom stereocenters. The Labute approximate surface area is 188 Å². The zero-order valence-corrected chi connectivity index (χ0v) is 18.5. The van der Waals surface area contributed by atoms with Crippen LogP contribution in [0.5, 0.6) is 17.2 Å². The summed E-state index contributed by atoms with van der Waals surface area (Å²) < 4.78 is 11.9. The van der Waals surface area contributed by atoms with Gasteiger partial charge in [-0.25, -0.2) is 5.43 Å². The largest absolute Gasteiger partial charge is 0.504 e. The molecular weight excluding hydrogens is 495 g/mol. The Morgan fingerprint density at radius 3 is 2.57 bits per heavy atom. The molecule has 2 N–H and O–H groups in total. The Hall–Kier alpha value is -3.07. The number of carbonyl (C=O) groups is 1. The fraction of sp³-hybridized carbons (Fsp3) is 0.130. The first-order chi connectivity index (χ1) is 14.6. The third kappa shape index (κ3) is 5.73. The molecule has 1 amide bonds. The third-order valence-corrected chi connectivity index (χ3v) is 4.92. The Balaban J connectivity index is 1.68. The summed E-state index contributed by atoms with van der Waals surface area (Å²) in [7, 11) is 0. The second kappa shape index (κ2) is 10.6.